The van der Waals surface area contributed by atoms with Crippen LogP contribution in [-0.2, 0) is 4.79 Å². The van der Waals surface area contributed by atoms with Gasteiger partial charge in [-0.3, -0.25) is 9.59 Å². The first-order valence-electron chi connectivity index (χ1n) is 7.89. The van der Waals surface area contributed by atoms with Crippen LogP contribution in [0.5, 0.6) is 0 Å². The molecular formula is C16H23Cl2N3O3. The topological polar surface area (TPSA) is 73.7 Å². The van der Waals surface area contributed by atoms with Gasteiger partial charge in [0.1, 0.15) is 5.82 Å². The first-order valence-corrected chi connectivity index (χ1v) is 7.89. The second kappa shape index (κ2) is 9.08. The molecule has 0 saturated carbocycles. The van der Waals surface area contributed by atoms with Crippen molar-refractivity contribution in [3.8, 4) is 0 Å². The van der Waals surface area contributed by atoms with E-state index in [1.807, 2.05) is 0 Å². The van der Waals surface area contributed by atoms with Gasteiger partial charge in [-0.2, -0.15) is 0 Å². The molecule has 0 spiro atoms. The van der Waals surface area contributed by atoms with Crippen molar-refractivity contribution in [2.45, 2.75) is 25.7 Å². The van der Waals surface area contributed by atoms with E-state index in [-0.39, 0.29) is 30.7 Å². The van der Waals surface area contributed by atoms with Crippen LogP contribution < -0.4 is 4.90 Å². The third-order valence-electron chi connectivity index (χ3n) is 4.50. The molecule has 0 bridgehead atoms. The third-order valence-corrected chi connectivity index (χ3v) is 4.50. The van der Waals surface area contributed by atoms with Gasteiger partial charge >= 0.3 is 5.97 Å². The van der Waals surface area contributed by atoms with Crippen LogP contribution >= 0.6 is 24.8 Å². The van der Waals surface area contributed by atoms with Crippen molar-refractivity contribution in [1.29, 1.82) is 0 Å². The van der Waals surface area contributed by atoms with Crippen molar-refractivity contribution in [3.05, 3.63) is 23.9 Å². The Bertz CT molecular complexity index is 579. The van der Waals surface area contributed by atoms with Crippen LogP contribution in [0.2, 0.25) is 0 Å². The number of rotatable bonds is 3. The molecule has 0 radical (unpaired) electrons. The highest BCUT2D eigenvalue weighted by atomic mass is 35.5. The van der Waals surface area contributed by atoms with Crippen LogP contribution in [0.1, 0.15) is 36.0 Å². The van der Waals surface area contributed by atoms with E-state index in [0.717, 1.165) is 31.7 Å². The molecule has 1 unspecified atom stereocenters. The Morgan fingerprint density at radius 3 is 2.46 bits per heavy atom. The number of nitrogens with zero attached hydrogens (tertiary/aromatic N) is 3. The lowest BCUT2D eigenvalue weighted by Crippen LogP contribution is -2.35. The summed E-state index contributed by atoms with van der Waals surface area (Å²) in [5, 5.41) is 9.08. The number of likely N-dealkylation sites (tertiary alicyclic amines) is 1. The Morgan fingerprint density at radius 1 is 1.12 bits per heavy atom. The fraction of sp³-hybridized carbons (Fsp3) is 0.562. The van der Waals surface area contributed by atoms with Crippen molar-refractivity contribution in [3.63, 3.8) is 0 Å². The summed E-state index contributed by atoms with van der Waals surface area (Å²) in [5.41, 5.74) is 0.593. The number of halogens is 2. The first kappa shape index (κ1) is 20.5. The molecule has 0 aliphatic carbocycles. The summed E-state index contributed by atoms with van der Waals surface area (Å²) in [6.07, 6.45) is 5.70. The van der Waals surface area contributed by atoms with Crippen LogP contribution in [0.15, 0.2) is 18.3 Å². The smallest absolute Gasteiger partial charge is 0.308 e. The number of piperidine rings is 1. The quantitative estimate of drug-likeness (QED) is 0.877. The van der Waals surface area contributed by atoms with Gasteiger partial charge in [0.2, 0.25) is 0 Å². The molecule has 8 heteroatoms. The lowest BCUT2D eigenvalue weighted by Gasteiger charge is -2.29. The molecule has 24 heavy (non-hydrogen) atoms. The summed E-state index contributed by atoms with van der Waals surface area (Å²) >= 11 is 0. The number of amides is 1. The normalized spacial score (nSPS) is 20.1. The van der Waals surface area contributed by atoms with E-state index in [4.69, 9.17) is 5.11 Å². The molecule has 1 aromatic heterocycles. The van der Waals surface area contributed by atoms with E-state index in [0.29, 0.717) is 25.1 Å². The number of carboxylic acid groups (broad SMARTS) is 1. The largest absolute Gasteiger partial charge is 0.481 e. The van der Waals surface area contributed by atoms with Gasteiger partial charge in [0, 0.05) is 32.4 Å². The average molecular weight is 376 g/mol. The Labute approximate surface area is 154 Å². The van der Waals surface area contributed by atoms with E-state index in [9.17, 15) is 9.59 Å². The van der Waals surface area contributed by atoms with Crippen LogP contribution in [0.4, 0.5) is 5.82 Å². The minimum Gasteiger partial charge on any atom is -0.481 e. The van der Waals surface area contributed by atoms with Gasteiger partial charge in [-0.25, -0.2) is 4.98 Å². The monoisotopic (exact) mass is 375 g/mol. The predicted octanol–water partition coefficient (Wildman–Crippen LogP) is 2.46. The van der Waals surface area contributed by atoms with E-state index in [1.165, 1.54) is 6.42 Å². The van der Waals surface area contributed by atoms with Crippen molar-refractivity contribution < 1.29 is 14.7 Å². The first-order chi connectivity index (χ1) is 10.7. The van der Waals surface area contributed by atoms with E-state index in [1.54, 1.807) is 23.2 Å². The molecule has 0 aromatic carbocycles. The molecule has 3 heterocycles. The SMILES string of the molecule is Cl.Cl.O=C(O)C1CCN(C(=O)c2cccnc2N2CCCCC2)C1. The van der Waals surface area contributed by atoms with Gasteiger partial charge in [-0.05, 0) is 37.8 Å². The highest BCUT2D eigenvalue weighted by Crippen LogP contribution is 2.25. The second-order valence-corrected chi connectivity index (χ2v) is 6.00. The zero-order valence-electron chi connectivity index (χ0n) is 13.4. The number of hydrogen-bond acceptors (Lipinski definition) is 4. The number of aliphatic carboxylic acids is 1. The molecule has 1 N–H and O–H groups in total. The fourth-order valence-corrected chi connectivity index (χ4v) is 3.24. The summed E-state index contributed by atoms with van der Waals surface area (Å²) in [6.45, 7) is 2.65. The third kappa shape index (κ3) is 4.30. The van der Waals surface area contributed by atoms with Crippen molar-refractivity contribution in [1.82, 2.24) is 9.88 Å². The number of carbonyl (C=O) groups is 2. The lowest BCUT2D eigenvalue weighted by atomic mass is 10.1. The van der Waals surface area contributed by atoms with Crippen molar-refractivity contribution in [2.75, 3.05) is 31.1 Å². The Kier molecular flexibility index (Phi) is 7.76. The Hall–Kier alpha value is -1.53. The maximum Gasteiger partial charge on any atom is 0.308 e. The molecular weight excluding hydrogens is 353 g/mol. The van der Waals surface area contributed by atoms with Gasteiger partial charge in [0.05, 0.1) is 11.5 Å². The van der Waals surface area contributed by atoms with Crippen molar-refractivity contribution >= 4 is 42.5 Å². The number of carbonyl (C=O) groups excluding carboxylic acids is 1. The molecule has 134 valence electrons. The number of anilines is 1. The standard InChI is InChI=1S/C16H21N3O3.2ClH/c20-15(19-10-6-12(11-19)16(21)22)13-5-4-7-17-14(13)18-8-2-1-3-9-18;;/h4-5,7,12H,1-3,6,8-11H2,(H,21,22);2*1H. The summed E-state index contributed by atoms with van der Waals surface area (Å²) in [4.78, 5) is 32.0. The van der Waals surface area contributed by atoms with E-state index in [2.05, 4.69) is 9.88 Å². The molecule has 2 aliphatic heterocycles. The summed E-state index contributed by atoms with van der Waals surface area (Å²) in [6, 6.07) is 3.57. The minimum atomic E-state index is -0.822. The van der Waals surface area contributed by atoms with Gasteiger partial charge in [-0.15, -0.1) is 24.8 Å². The van der Waals surface area contributed by atoms with Gasteiger partial charge < -0.3 is 14.9 Å². The van der Waals surface area contributed by atoms with Crippen LogP contribution in [0.3, 0.4) is 0 Å². The zero-order valence-corrected chi connectivity index (χ0v) is 15.0. The number of carboxylic acids is 1. The predicted molar refractivity (Wildman–Crippen MR) is 96.4 cm³/mol. The van der Waals surface area contributed by atoms with E-state index < -0.39 is 11.9 Å². The molecule has 1 atom stereocenters. The molecule has 1 amide bonds. The summed E-state index contributed by atoms with van der Waals surface area (Å²) in [5.74, 6) is -0.625. The zero-order chi connectivity index (χ0) is 15.5. The van der Waals surface area contributed by atoms with Crippen LogP contribution in [-0.4, -0.2) is 53.0 Å². The molecule has 2 saturated heterocycles. The van der Waals surface area contributed by atoms with Gasteiger partial charge in [0.25, 0.3) is 5.91 Å². The Balaban J connectivity index is 0.00000144. The van der Waals surface area contributed by atoms with Crippen LogP contribution in [0, 0.1) is 5.92 Å². The number of aromatic nitrogens is 1. The summed E-state index contributed by atoms with van der Waals surface area (Å²) < 4.78 is 0. The molecule has 1 aromatic rings. The number of hydrogen-bond donors (Lipinski definition) is 1. The van der Waals surface area contributed by atoms with Crippen molar-refractivity contribution in [2.24, 2.45) is 5.92 Å². The molecule has 6 nitrogen and oxygen atoms in total. The number of pyridine rings is 1. The molecule has 2 aliphatic rings. The van der Waals surface area contributed by atoms with Gasteiger partial charge in [-0.1, -0.05) is 0 Å². The maximum atomic E-state index is 12.7. The minimum absolute atomic E-state index is 0. The highest BCUT2D eigenvalue weighted by Gasteiger charge is 2.32. The van der Waals surface area contributed by atoms with E-state index >= 15 is 0 Å². The van der Waals surface area contributed by atoms with Gasteiger partial charge in [0.15, 0.2) is 0 Å². The average Bonchev–Trinajstić information content (AvgIpc) is 3.05. The maximum absolute atomic E-state index is 12.7. The lowest BCUT2D eigenvalue weighted by molar-refractivity contribution is -0.141. The fourth-order valence-electron chi connectivity index (χ4n) is 3.24. The molecule has 2 fully saturated rings. The summed E-state index contributed by atoms with van der Waals surface area (Å²) in [7, 11) is 0. The highest BCUT2D eigenvalue weighted by molar-refractivity contribution is 5.99. The Morgan fingerprint density at radius 2 is 1.83 bits per heavy atom. The second-order valence-electron chi connectivity index (χ2n) is 6.00. The van der Waals surface area contributed by atoms with Crippen LogP contribution in [0.25, 0.3) is 0 Å². The molecule has 3 rings (SSSR count).